The lowest BCUT2D eigenvalue weighted by Gasteiger charge is -2.38. The van der Waals surface area contributed by atoms with Crippen molar-refractivity contribution < 1.29 is 23.1 Å². The summed E-state index contributed by atoms with van der Waals surface area (Å²) in [7, 11) is 0. The Hall–Kier alpha value is -3.33. The summed E-state index contributed by atoms with van der Waals surface area (Å²) in [5.74, 6) is -2.49. The van der Waals surface area contributed by atoms with Crippen molar-refractivity contribution in [2.45, 2.75) is 50.7 Å². The number of amides is 2. The maximum Gasteiger partial charge on any atom is 0.312 e. The van der Waals surface area contributed by atoms with Crippen LogP contribution in [0, 0.1) is 10.8 Å². The maximum atomic E-state index is 13.3. The Morgan fingerprint density at radius 3 is 2.62 bits per heavy atom. The summed E-state index contributed by atoms with van der Waals surface area (Å²) in [4.78, 5) is 27.8. The molecule has 2 aromatic rings. The van der Waals surface area contributed by atoms with Gasteiger partial charge in [-0.15, -0.1) is 0 Å². The van der Waals surface area contributed by atoms with Crippen LogP contribution in [0.5, 0.6) is 0 Å². The summed E-state index contributed by atoms with van der Waals surface area (Å²) in [5.41, 5.74) is 1.61. The largest absolute Gasteiger partial charge is 0.419 e. The molecule has 34 heavy (non-hydrogen) atoms. The number of fused-ring (bicyclic) bond motifs is 1. The van der Waals surface area contributed by atoms with Gasteiger partial charge in [0.15, 0.2) is 0 Å². The monoisotopic (exact) mass is 488 g/mol. The number of halogens is 3. The number of alkyl halides is 2. The van der Waals surface area contributed by atoms with Gasteiger partial charge in [0.05, 0.1) is 16.6 Å². The van der Waals surface area contributed by atoms with E-state index in [-0.39, 0.29) is 29.5 Å². The molecule has 3 N–H and O–H groups in total. The Kier molecular flexibility index (Phi) is 6.92. The predicted octanol–water partition coefficient (Wildman–Crippen LogP) is 4.62. The number of nitrogens with zero attached hydrogens (tertiary/aromatic N) is 1. The molecule has 1 aliphatic carbocycles. The van der Waals surface area contributed by atoms with Gasteiger partial charge in [-0.25, -0.2) is 0 Å². The lowest BCUT2D eigenvalue weighted by atomic mass is 9.89. The molecule has 0 aromatic heterocycles. The summed E-state index contributed by atoms with van der Waals surface area (Å²) < 4.78 is 29.7. The topological polar surface area (TPSA) is 106 Å². The van der Waals surface area contributed by atoms with Crippen LogP contribution >= 0.6 is 11.6 Å². The molecule has 0 spiro atoms. The summed E-state index contributed by atoms with van der Waals surface area (Å²) in [6, 6.07) is 10.9. The van der Waals surface area contributed by atoms with E-state index in [2.05, 4.69) is 10.1 Å². The Bertz CT molecular complexity index is 1160. The number of hydrogen-bond donors (Lipinski definition) is 3. The zero-order valence-electron chi connectivity index (χ0n) is 18.1. The lowest BCUT2D eigenvalue weighted by Crippen LogP contribution is -2.53. The van der Waals surface area contributed by atoms with Gasteiger partial charge in [0.25, 0.3) is 17.7 Å². The molecule has 4 rings (SSSR count). The van der Waals surface area contributed by atoms with Crippen molar-refractivity contribution in [1.82, 2.24) is 10.2 Å². The van der Waals surface area contributed by atoms with Crippen LogP contribution in [0.3, 0.4) is 0 Å². The van der Waals surface area contributed by atoms with E-state index in [4.69, 9.17) is 22.4 Å². The maximum absolute atomic E-state index is 13.3. The molecule has 1 unspecified atom stereocenters. The highest BCUT2D eigenvalue weighted by Crippen LogP contribution is 2.32. The number of carbonyl (C=O) groups excluding carboxylic acids is 2. The van der Waals surface area contributed by atoms with Crippen molar-refractivity contribution in [3.05, 3.63) is 69.7 Å². The van der Waals surface area contributed by atoms with Gasteiger partial charge in [-0.1, -0.05) is 42.6 Å². The van der Waals surface area contributed by atoms with Crippen molar-refractivity contribution in [2.24, 2.45) is 0 Å². The average molecular weight is 489 g/mol. The van der Waals surface area contributed by atoms with Crippen molar-refractivity contribution in [1.29, 1.82) is 10.8 Å². The molecule has 1 aliphatic heterocycles. The first-order valence-corrected chi connectivity index (χ1v) is 11.3. The lowest BCUT2D eigenvalue weighted by molar-refractivity contribution is 0.0582. The number of nitrogens with one attached hydrogen (secondary N) is 3. The van der Waals surface area contributed by atoms with E-state index < -0.39 is 18.2 Å². The molecule has 0 saturated heterocycles. The highest BCUT2D eigenvalue weighted by molar-refractivity contribution is 6.33. The Morgan fingerprint density at radius 2 is 1.88 bits per heavy atom. The molecule has 10 heteroatoms. The van der Waals surface area contributed by atoms with Crippen molar-refractivity contribution in [3.63, 3.8) is 0 Å². The van der Waals surface area contributed by atoms with Crippen LogP contribution in [-0.2, 0) is 11.3 Å². The fraction of sp³-hybridized carbons (Fsp3) is 0.333. The smallest absolute Gasteiger partial charge is 0.312 e. The van der Waals surface area contributed by atoms with Gasteiger partial charge in [-0.3, -0.25) is 20.4 Å². The third-order valence-electron chi connectivity index (χ3n) is 6.18. The second-order valence-corrected chi connectivity index (χ2v) is 8.72. The number of hydrogen-bond acceptors (Lipinski definition) is 5. The highest BCUT2D eigenvalue weighted by atomic mass is 35.5. The first-order valence-electron chi connectivity index (χ1n) is 10.9. The van der Waals surface area contributed by atoms with Crippen LogP contribution in [0.15, 0.2) is 42.5 Å². The summed E-state index contributed by atoms with van der Waals surface area (Å²) in [5, 5.41) is 18.4. The third-order valence-corrected chi connectivity index (χ3v) is 6.51. The minimum absolute atomic E-state index is 0.131. The second-order valence-electron chi connectivity index (χ2n) is 8.31. The van der Waals surface area contributed by atoms with Crippen molar-refractivity contribution >= 4 is 35.2 Å². The highest BCUT2D eigenvalue weighted by Gasteiger charge is 2.39. The quantitative estimate of drug-likeness (QED) is 0.422. The zero-order valence-corrected chi connectivity index (χ0v) is 18.9. The first-order chi connectivity index (χ1) is 16.3. The van der Waals surface area contributed by atoms with E-state index in [1.165, 1.54) is 12.1 Å². The van der Waals surface area contributed by atoms with Gasteiger partial charge in [-0.2, -0.15) is 8.78 Å². The fourth-order valence-electron chi connectivity index (χ4n) is 4.49. The summed E-state index contributed by atoms with van der Waals surface area (Å²) >= 11 is 6.17. The summed E-state index contributed by atoms with van der Waals surface area (Å²) in [6.45, 7) is 0.346. The van der Waals surface area contributed by atoms with Crippen LogP contribution in [0.1, 0.15) is 57.5 Å². The number of ether oxygens (including phenoxy) is 1. The van der Waals surface area contributed by atoms with Gasteiger partial charge in [0.2, 0.25) is 5.90 Å². The molecule has 2 aromatic carbocycles. The average Bonchev–Trinajstić information content (AvgIpc) is 3.15. The van der Waals surface area contributed by atoms with Crippen LogP contribution in [0.2, 0.25) is 5.02 Å². The molecule has 0 radical (unpaired) electrons. The Balaban J connectivity index is 1.51. The molecule has 2 amide bonds. The third kappa shape index (κ3) is 4.79. The van der Waals surface area contributed by atoms with Gasteiger partial charge in [0.1, 0.15) is 0 Å². The number of benzene rings is 2. The van der Waals surface area contributed by atoms with Gasteiger partial charge < -0.3 is 15.0 Å². The minimum Gasteiger partial charge on any atom is -0.419 e. The second kappa shape index (κ2) is 9.89. The van der Waals surface area contributed by atoms with Crippen molar-refractivity contribution in [2.75, 3.05) is 0 Å². The molecular weight excluding hydrogens is 466 g/mol. The molecule has 178 valence electrons. The number of rotatable bonds is 5. The molecule has 7 nitrogen and oxygen atoms in total. The van der Waals surface area contributed by atoms with Crippen LogP contribution in [0.4, 0.5) is 8.78 Å². The van der Waals surface area contributed by atoms with E-state index in [9.17, 15) is 18.4 Å². The first kappa shape index (κ1) is 23.8. The van der Waals surface area contributed by atoms with E-state index >= 15 is 0 Å². The molecule has 1 saturated carbocycles. The fourth-order valence-corrected chi connectivity index (χ4v) is 4.71. The minimum atomic E-state index is -3.13. The predicted molar refractivity (Wildman–Crippen MR) is 123 cm³/mol. The molecule has 2 aliphatic rings. The Morgan fingerprint density at radius 1 is 1.15 bits per heavy atom. The molecular formula is C24H23ClF2N4O3. The van der Waals surface area contributed by atoms with Gasteiger partial charge in [-0.05, 0) is 42.7 Å². The Labute approximate surface area is 200 Å². The van der Waals surface area contributed by atoms with E-state index in [0.29, 0.717) is 22.7 Å². The molecule has 1 fully saturated rings. The summed E-state index contributed by atoms with van der Waals surface area (Å²) in [6.07, 6.45) is 0.164. The van der Waals surface area contributed by atoms with Crippen LogP contribution in [-0.4, -0.2) is 47.0 Å². The zero-order chi connectivity index (χ0) is 24.4. The molecule has 2 atom stereocenters. The van der Waals surface area contributed by atoms with E-state index in [0.717, 1.165) is 31.2 Å². The molecule has 1 heterocycles. The van der Waals surface area contributed by atoms with Gasteiger partial charge >= 0.3 is 6.43 Å². The van der Waals surface area contributed by atoms with Gasteiger partial charge in [0, 0.05) is 23.7 Å². The van der Waals surface area contributed by atoms with Crippen LogP contribution < -0.4 is 5.32 Å². The SMILES string of the molecule is N=C(OC(=N)C(F)F)c1ccc2c(c1)C(=O)N(C1CCCC[C@H]1NC(=O)c1ccccc1Cl)C2. The van der Waals surface area contributed by atoms with Crippen molar-refractivity contribution in [3.8, 4) is 0 Å². The standard InChI is InChI=1S/C24H23ClF2N4O3/c25-17-6-2-1-5-15(17)23(32)30-18-7-3-4-8-19(18)31-12-14-10-9-13(11-16(14)24(31)33)21(28)34-22(29)20(26)27/h1-2,5-6,9-11,18-20,28-29H,3-4,7-8,12H2,(H,30,32)/t18-,19?/m1/s1. The normalized spacial score (nSPS) is 19.6. The number of carbonyl (C=O) groups is 2. The van der Waals surface area contributed by atoms with E-state index in [1.807, 2.05) is 0 Å². The van der Waals surface area contributed by atoms with E-state index in [1.54, 1.807) is 35.2 Å². The van der Waals surface area contributed by atoms with Crippen LogP contribution in [0.25, 0.3) is 0 Å². The molecule has 0 bridgehead atoms.